The van der Waals surface area contributed by atoms with Crippen molar-refractivity contribution in [2.75, 3.05) is 0 Å². The van der Waals surface area contributed by atoms with Crippen molar-refractivity contribution in [3.05, 3.63) is 47.5 Å². The normalized spacial score (nSPS) is 10.1. The fourth-order valence-electron chi connectivity index (χ4n) is 1.52. The van der Waals surface area contributed by atoms with Crippen molar-refractivity contribution in [2.24, 2.45) is 0 Å². The Labute approximate surface area is 128 Å². The molecular weight excluding hydrogens is 288 g/mol. The van der Waals surface area contributed by atoms with Gasteiger partial charge in [0.1, 0.15) is 5.03 Å². The SMILES string of the molecule is CC.N#CNC(=O)/C(Cl)=C/c1cc(-c2ccncc2)c[nH]1. The lowest BCUT2D eigenvalue weighted by Gasteiger charge is -1.94. The molecule has 0 bridgehead atoms. The summed E-state index contributed by atoms with van der Waals surface area (Å²) in [7, 11) is 0. The zero-order chi connectivity index (χ0) is 15.7. The standard InChI is InChI=1S/C13H9ClN4O.C2H6/c14-12(13(19)18-8-15)6-11-5-10(7-17-11)9-1-3-16-4-2-9;1-2/h1-7,17H,(H,18,19);1-2H3/b12-6-;. The minimum Gasteiger partial charge on any atom is -0.361 e. The van der Waals surface area contributed by atoms with Gasteiger partial charge in [-0.15, -0.1) is 0 Å². The number of hydrogen-bond acceptors (Lipinski definition) is 3. The molecule has 0 aliphatic carbocycles. The summed E-state index contributed by atoms with van der Waals surface area (Å²) in [5.41, 5.74) is 2.63. The first kappa shape index (κ1) is 16.5. The second-order valence-electron chi connectivity index (χ2n) is 3.64. The predicted molar refractivity (Wildman–Crippen MR) is 83.0 cm³/mol. The van der Waals surface area contributed by atoms with Crippen molar-refractivity contribution in [2.45, 2.75) is 13.8 Å². The Morgan fingerprint density at radius 1 is 1.38 bits per heavy atom. The highest BCUT2D eigenvalue weighted by Crippen LogP contribution is 2.20. The molecule has 5 nitrogen and oxygen atoms in total. The van der Waals surface area contributed by atoms with Gasteiger partial charge >= 0.3 is 0 Å². The number of aromatic amines is 1. The van der Waals surface area contributed by atoms with Crippen LogP contribution in [0.15, 0.2) is 41.8 Å². The fourth-order valence-corrected chi connectivity index (χ4v) is 1.68. The van der Waals surface area contributed by atoms with Gasteiger partial charge in [0.15, 0.2) is 6.19 Å². The number of hydrogen-bond donors (Lipinski definition) is 2. The number of carbonyl (C=O) groups is 1. The Kier molecular flexibility index (Phi) is 6.72. The number of nitrogens with zero attached hydrogens (tertiary/aromatic N) is 2. The van der Waals surface area contributed by atoms with E-state index in [1.807, 2.05) is 37.4 Å². The van der Waals surface area contributed by atoms with E-state index in [4.69, 9.17) is 16.9 Å². The molecule has 0 saturated carbocycles. The largest absolute Gasteiger partial charge is 0.361 e. The number of amides is 1. The quantitative estimate of drug-likeness (QED) is 0.518. The third-order valence-electron chi connectivity index (χ3n) is 2.39. The van der Waals surface area contributed by atoms with Gasteiger partial charge in [-0.1, -0.05) is 25.4 Å². The molecule has 0 aromatic carbocycles. The lowest BCUT2D eigenvalue weighted by molar-refractivity contribution is -0.115. The maximum atomic E-state index is 11.3. The molecule has 2 heterocycles. The van der Waals surface area contributed by atoms with Crippen LogP contribution in [-0.4, -0.2) is 15.9 Å². The monoisotopic (exact) mass is 302 g/mol. The molecule has 2 rings (SSSR count). The van der Waals surface area contributed by atoms with Crippen molar-refractivity contribution >= 4 is 23.6 Å². The van der Waals surface area contributed by atoms with E-state index in [9.17, 15) is 4.79 Å². The summed E-state index contributed by atoms with van der Waals surface area (Å²) in [6, 6.07) is 5.60. The number of nitrogens with one attached hydrogen (secondary N) is 2. The molecule has 0 spiro atoms. The van der Waals surface area contributed by atoms with E-state index in [2.05, 4.69) is 9.97 Å². The van der Waals surface area contributed by atoms with E-state index in [1.54, 1.807) is 18.6 Å². The Morgan fingerprint density at radius 3 is 2.67 bits per heavy atom. The van der Waals surface area contributed by atoms with Crippen molar-refractivity contribution in [3.63, 3.8) is 0 Å². The van der Waals surface area contributed by atoms with Crippen LogP contribution in [0.1, 0.15) is 19.5 Å². The fraction of sp³-hybridized carbons (Fsp3) is 0.133. The molecule has 0 aliphatic heterocycles. The maximum absolute atomic E-state index is 11.3. The molecule has 21 heavy (non-hydrogen) atoms. The minimum atomic E-state index is -0.635. The predicted octanol–water partition coefficient (Wildman–Crippen LogP) is 3.28. The number of rotatable bonds is 3. The highest BCUT2D eigenvalue weighted by Gasteiger charge is 2.06. The third-order valence-corrected chi connectivity index (χ3v) is 2.67. The first-order chi connectivity index (χ1) is 10.2. The second kappa shape index (κ2) is 8.56. The van der Waals surface area contributed by atoms with Gasteiger partial charge in [0.25, 0.3) is 5.91 Å². The van der Waals surface area contributed by atoms with Crippen LogP contribution in [0.4, 0.5) is 0 Å². The smallest absolute Gasteiger partial charge is 0.275 e. The molecule has 108 valence electrons. The van der Waals surface area contributed by atoms with Gasteiger partial charge in [-0.05, 0) is 35.4 Å². The molecule has 2 aromatic rings. The number of nitriles is 1. The summed E-state index contributed by atoms with van der Waals surface area (Å²) in [5.74, 6) is -0.635. The van der Waals surface area contributed by atoms with Gasteiger partial charge in [-0.2, -0.15) is 5.26 Å². The van der Waals surface area contributed by atoms with Gasteiger partial charge in [0, 0.05) is 24.3 Å². The Hall–Kier alpha value is -2.58. The minimum absolute atomic E-state index is 0.0651. The van der Waals surface area contributed by atoms with Crippen LogP contribution in [0.3, 0.4) is 0 Å². The average molecular weight is 303 g/mol. The third kappa shape index (κ3) is 4.79. The van der Waals surface area contributed by atoms with Crippen molar-refractivity contribution in [1.29, 1.82) is 5.26 Å². The molecule has 2 aromatic heterocycles. The number of aromatic nitrogens is 2. The van der Waals surface area contributed by atoms with Crippen LogP contribution in [0.5, 0.6) is 0 Å². The Morgan fingerprint density at radius 2 is 2.05 bits per heavy atom. The molecule has 0 unspecified atom stereocenters. The van der Waals surface area contributed by atoms with Crippen LogP contribution in [-0.2, 0) is 4.79 Å². The van der Waals surface area contributed by atoms with E-state index in [1.165, 1.54) is 12.3 Å². The lowest BCUT2D eigenvalue weighted by atomic mass is 10.1. The van der Waals surface area contributed by atoms with Crippen LogP contribution in [0.25, 0.3) is 17.2 Å². The van der Waals surface area contributed by atoms with E-state index < -0.39 is 5.91 Å². The molecular formula is C15H15ClN4O. The summed E-state index contributed by atoms with van der Waals surface area (Å²) >= 11 is 5.77. The van der Waals surface area contributed by atoms with Crippen molar-refractivity contribution < 1.29 is 4.79 Å². The van der Waals surface area contributed by atoms with Crippen molar-refractivity contribution in [1.82, 2.24) is 15.3 Å². The van der Waals surface area contributed by atoms with Crippen LogP contribution in [0.2, 0.25) is 0 Å². The van der Waals surface area contributed by atoms with E-state index in [0.29, 0.717) is 5.69 Å². The number of pyridine rings is 1. The maximum Gasteiger partial charge on any atom is 0.275 e. The zero-order valence-corrected chi connectivity index (χ0v) is 12.5. The number of H-pyrrole nitrogens is 1. The van der Waals surface area contributed by atoms with Crippen LogP contribution in [0, 0.1) is 11.5 Å². The molecule has 0 saturated heterocycles. The van der Waals surface area contributed by atoms with Gasteiger partial charge in [-0.3, -0.25) is 15.1 Å². The molecule has 0 radical (unpaired) electrons. The molecule has 0 atom stereocenters. The van der Waals surface area contributed by atoms with E-state index in [-0.39, 0.29) is 5.03 Å². The second-order valence-corrected chi connectivity index (χ2v) is 4.04. The van der Waals surface area contributed by atoms with Crippen LogP contribution < -0.4 is 5.32 Å². The first-order valence-electron chi connectivity index (χ1n) is 6.36. The zero-order valence-electron chi connectivity index (χ0n) is 11.7. The van der Waals surface area contributed by atoms with E-state index >= 15 is 0 Å². The Balaban J connectivity index is 0.00000106. The summed E-state index contributed by atoms with van der Waals surface area (Å²) in [6.07, 6.45) is 8.18. The molecule has 2 N–H and O–H groups in total. The summed E-state index contributed by atoms with van der Waals surface area (Å²) < 4.78 is 0. The summed E-state index contributed by atoms with van der Waals surface area (Å²) in [5, 5.41) is 10.2. The Bertz CT molecular complexity index is 656. The first-order valence-corrected chi connectivity index (χ1v) is 6.74. The number of carbonyl (C=O) groups excluding carboxylic acids is 1. The van der Waals surface area contributed by atoms with E-state index in [0.717, 1.165) is 11.1 Å². The van der Waals surface area contributed by atoms with Gasteiger partial charge in [0.05, 0.1) is 0 Å². The van der Waals surface area contributed by atoms with Gasteiger partial charge in [-0.25, -0.2) is 0 Å². The topological polar surface area (TPSA) is 81.6 Å². The highest BCUT2D eigenvalue weighted by atomic mass is 35.5. The van der Waals surface area contributed by atoms with Crippen molar-refractivity contribution in [3.8, 4) is 17.3 Å². The summed E-state index contributed by atoms with van der Waals surface area (Å²) in [6.45, 7) is 4.00. The molecule has 0 aliphatic rings. The lowest BCUT2D eigenvalue weighted by Crippen LogP contribution is -2.16. The highest BCUT2D eigenvalue weighted by molar-refractivity contribution is 6.44. The summed E-state index contributed by atoms with van der Waals surface area (Å²) in [4.78, 5) is 18.2. The number of halogens is 1. The average Bonchev–Trinajstić information content (AvgIpc) is 2.99. The van der Waals surface area contributed by atoms with Gasteiger partial charge < -0.3 is 4.98 Å². The molecule has 0 fully saturated rings. The molecule has 6 heteroatoms. The molecule has 1 amide bonds. The van der Waals surface area contributed by atoms with Gasteiger partial charge in [0.2, 0.25) is 0 Å². The van der Waals surface area contributed by atoms with Crippen LogP contribution >= 0.6 is 11.6 Å².